The van der Waals surface area contributed by atoms with E-state index in [0.29, 0.717) is 23.9 Å². The summed E-state index contributed by atoms with van der Waals surface area (Å²) in [5, 5.41) is 10.8. The first-order valence-electron chi connectivity index (χ1n) is 8.68. The normalized spacial score (nSPS) is 26.4. The van der Waals surface area contributed by atoms with Crippen molar-refractivity contribution >= 4 is 26.7 Å². The molecule has 3 atom stereocenters. The smallest absolute Gasteiger partial charge is 0.244 e. The minimum absolute atomic E-state index is 0.00949. The molecule has 2 fully saturated rings. The van der Waals surface area contributed by atoms with E-state index >= 15 is 0 Å². The van der Waals surface area contributed by atoms with Crippen LogP contribution >= 0.6 is 0 Å². The summed E-state index contributed by atoms with van der Waals surface area (Å²) in [6, 6.07) is 6.05. The van der Waals surface area contributed by atoms with Crippen LogP contribution in [0, 0.1) is 5.92 Å². The third kappa shape index (κ3) is 2.39. The van der Waals surface area contributed by atoms with E-state index in [1.807, 2.05) is 6.92 Å². The Labute approximate surface area is 152 Å². The molecule has 4 rings (SSSR count). The standard InChI is InChI=1S/C18H21N3O4S/c1-11-17-13(7-9-20(17)12(2)22)10-21(11)26(24,25)16-5-3-4-15-14(16)6-8-19-18(15)23/h3-6,8,11,13,17H,7,9-10H2,1-2H3,(H,19,23). The zero-order valence-electron chi connectivity index (χ0n) is 14.7. The lowest BCUT2D eigenvalue weighted by Gasteiger charge is -2.30. The largest absolute Gasteiger partial charge is 0.493 e. The number of carbonyl (C=O) groups excluding carboxylic acids is 1. The van der Waals surface area contributed by atoms with E-state index in [1.54, 1.807) is 29.2 Å². The van der Waals surface area contributed by atoms with Gasteiger partial charge in [-0.25, -0.2) is 13.4 Å². The number of hydrogen-bond donors (Lipinski definition) is 1. The van der Waals surface area contributed by atoms with E-state index < -0.39 is 10.0 Å². The summed E-state index contributed by atoms with van der Waals surface area (Å²) in [7, 11) is -3.77. The molecular weight excluding hydrogens is 354 g/mol. The Bertz CT molecular complexity index is 991. The molecule has 1 aromatic heterocycles. The highest BCUT2D eigenvalue weighted by atomic mass is 32.2. The Morgan fingerprint density at radius 2 is 2.04 bits per heavy atom. The second-order valence-electron chi connectivity index (χ2n) is 7.05. The lowest BCUT2D eigenvalue weighted by atomic mass is 10.0. The first kappa shape index (κ1) is 17.2. The zero-order chi connectivity index (χ0) is 18.6. The van der Waals surface area contributed by atoms with E-state index in [2.05, 4.69) is 4.98 Å². The van der Waals surface area contributed by atoms with Crippen LogP contribution in [0.1, 0.15) is 20.3 Å². The maximum Gasteiger partial charge on any atom is 0.244 e. The maximum atomic E-state index is 13.4. The average Bonchev–Trinajstić information content (AvgIpc) is 3.16. The number of hydrogen-bond acceptors (Lipinski definition) is 5. The molecule has 3 heterocycles. The highest BCUT2D eigenvalue weighted by Gasteiger charge is 2.51. The lowest BCUT2D eigenvalue weighted by molar-refractivity contribution is -0.130. The van der Waals surface area contributed by atoms with Gasteiger partial charge in [-0.2, -0.15) is 4.31 Å². The molecule has 26 heavy (non-hydrogen) atoms. The van der Waals surface area contributed by atoms with Gasteiger partial charge in [-0.15, -0.1) is 0 Å². The van der Waals surface area contributed by atoms with Crippen molar-refractivity contribution in [1.29, 1.82) is 0 Å². The molecule has 2 saturated heterocycles. The van der Waals surface area contributed by atoms with E-state index in [4.69, 9.17) is 0 Å². The Morgan fingerprint density at radius 1 is 1.27 bits per heavy atom. The summed E-state index contributed by atoms with van der Waals surface area (Å²) in [6.45, 7) is 4.50. The molecule has 7 nitrogen and oxygen atoms in total. The summed E-state index contributed by atoms with van der Waals surface area (Å²) in [5.74, 6) is -0.0351. The quantitative estimate of drug-likeness (QED) is 0.860. The molecule has 8 heteroatoms. The summed E-state index contributed by atoms with van der Waals surface area (Å²) >= 11 is 0. The van der Waals surface area contributed by atoms with Crippen molar-refractivity contribution in [2.45, 2.75) is 37.2 Å². The van der Waals surface area contributed by atoms with Crippen LogP contribution in [0.4, 0.5) is 0 Å². The highest BCUT2D eigenvalue weighted by Crippen LogP contribution is 2.40. The number of aromatic hydroxyl groups is 1. The SMILES string of the molecule is CC(=O)N1CCC2CN(S(=O)(=O)c3cccc4c(O)nccc34)C(C)C21. The fourth-order valence-corrected chi connectivity index (χ4v) is 6.41. The highest BCUT2D eigenvalue weighted by molar-refractivity contribution is 7.89. The molecule has 2 aliphatic rings. The number of likely N-dealkylation sites (tertiary alicyclic amines) is 1. The van der Waals surface area contributed by atoms with Gasteiger partial charge in [-0.3, -0.25) is 4.79 Å². The summed E-state index contributed by atoms with van der Waals surface area (Å²) in [4.78, 5) is 17.7. The number of carbonyl (C=O) groups is 1. The molecule has 1 N–H and O–H groups in total. The Balaban J connectivity index is 1.77. The predicted octanol–water partition coefficient (Wildman–Crippen LogP) is 1.57. The topological polar surface area (TPSA) is 90.8 Å². The number of sulfonamides is 1. The van der Waals surface area contributed by atoms with E-state index in [0.717, 1.165) is 6.42 Å². The first-order valence-corrected chi connectivity index (χ1v) is 10.1. The van der Waals surface area contributed by atoms with Gasteiger partial charge in [0.2, 0.25) is 21.8 Å². The average molecular weight is 375 g/mol. The molecule has 138 valence electrons. The van der Waals surface area contributed by atoms with Crippen LogP contribution in [0.15, 0.2) is 35.4 Å². The summed E-state index contributed by atoms with van der Waals surface area (Å²) in [5.41, 5.74) is 0. The maximum absolute atomic E-state index is 13.4. The molecule has 0 saturated carbocycles. The van der Waals surface area contributed by atoms with Crippen molar-refractivity contribution in [2.24, 2.45) is 5.92 Å². The van der Waals surface area contributed by atoms with Crippen LogP contribution in [-0.2, 0) is 14.8 Å². The number of fused-ring (bicyclic) bond motifs is 2. The van der Waals surface area contributed by atoms with Gasteiger partial charge in [0.25, 0.3) is 0 Å². The van der Waals surface area contributed by atoms with Crippen LogP contribution < -0.4 is 0 Å². The van der Waals surface area contributed by atoms with Crippen molar-refractivity contribution in [2.75, 3.05) is 13.1 Å². The van der Waals surface area contributed by atoms with Gasteiger partial charge in [-0.1, -0.05) is 6.07 Å². The van der Waals surface area contributed by atoms with Gasteiger partial charge in [0.15, 0.2) is 0 Å². The lowest BCUT2D eigenvalue weighted by Crippen LogP contribution is -2.45. The number of rotatable bonds is 2. The van der Waals surface area contributed by atoms with Gasteiger partial charge < -0.3 is 10.0 Å². The first-order chi connectivity index (χ1) is 12.3. The van der Waals surface area contributed by atoms with Gasteiger partial charge >= 0.3 is 0 Å². The van der Waals surface area contributed by atoms with E-state index in [1.165, 1.54) is 17.4 Å². The summed E-state index contributed by atoms with van der Waals surface area (Å²) < 4.78 is 28.3. The molecule has 0 radical (unpaired) electrons. The third-order valence-corrected chi connectivity index (χ3v) is 7.69. The van der Waals surface area contributed by atoms with Gasteiger partial charge in [-0.05, 0) is 37.5 Å². The fourth-order valence-electron chi connectivity index (χ4n) is 4.50. The third-order valence-electron chi connectivity index (χ3n) is 5.68. The molecule has 0 spiro atoms. The molecule has 0 aliphatic carbocycles. The zero-order valence-corrected chi connectivity index (χ0v) is 15.5. The van der Waals surface area contributed by atoms with E-state index in [-0.39, 0.29) is 34.7 Å². The van der Waals surface area contributed by atoms with Crippen LogP contribution in [-0.4, -0.2) is 58.8 Å². The van der Waals surface area contributed by atoms with Crippen LogP contribution in [0.25, 0.3) is 10.8 Å². The number of pyridine rings is 1. The number of benzene rings is 1. The van der Waals surface area contributed by atoms with Crippen molar-refractivity contribution in [3.8, 4) is 5.88 Å². The van der Waals surface area contributed by atoms with Crippen LogP contribution in [0.5, 0.6) is 5.88 Å². The van der Waals surface area contributed by atoms with Crippen molar-refractivity contribution in [3.05, 3.63) is 30.5 Å². The fraction of sp³-hybridized carbons (Fsp3) is 0.444. The monoisotopic (exact) mass is 375 g/mol. The van der Waals surface area contributed by atoms with E-state index in [9.17, 15) is 18.3 Å². The molecule has 1 amide bonds. The second-order valence-corrected chi connectivity index (χ2v) is 8.91. The Hall–Kier alpha value is -2.19. The van der Waals surface area contributed by atoms with Gasteiger partial charge in [0, 0.05) is 43.0 Å². The van der Waals surface area contributed by atoms with Crippen LogP contribution in [0.3, 0.4) is 0 Å². The Kier molecular flexibility index (Phi) is 3.92. The molecular formula is C18H21N3O4S. The van der Waals surface area contributed by atoms with Crippen molar-refractivity contribution in [3.63, 3.8) is 0 Å². The minimum Gasteiger partial charge on any atom is -0.493 e. The second kappa shape index (κ2) is 5.92. The van der Waals surface area contributed by atoms with Gasteiger partial charge in [0.1, 0.15) is 0 Å². The number of nitrogens with zero attached hydrogens (tertiary/aromatic N) is 3. The molecule has 2 aromatic rings. The molecule has 3 unspecified atom stereocenters. The molecule has 1 aromatic carbocycles. The molecule has 0 bridgehead atoms. The predicted molar refractivity (Wildman–Crippen MR) is 96.0 cm³/mol. The van der Waals surface area contributed by atoms with Crippen molar-refractivity contribution < 1.29 is 18.3 Å². The number of aromatic nitrogens is 1. The van der Waals surface area contributed by atoms with Gasteiger partial charge in [0.05, 0.1) is 10.9 Å². The van der Waals surface area contributed by atoms with Crippen LogP contribution in [0.2, 0.25) is 0 Å². The summed E-state index contributed by atoms with van der Waals surface area (Å²) in [6.07, 6.45) is 2.22. The number of amides is 1. The molecule has 2 aliphatic heterocycles. The van der Waals surface area contributed by atoms with Crippen molar-refractivity contribution in [1.82, 2.24) is 14.2 Å². The Morgan fingerprint density at radius 3 is 2.77 bits per heavy atom. The minimum atomic E-state index is -3.77.